The van der Waals surface area contributed by atoms with Gasteiger partial charge in [-0.05, 0) is 30.7 Å². The number of methoxy groups -OCH3 is 2. The molecule has 0 saturated carbocycles. The van der Waals surface area contributed by atoms with Crippen LogP contribution in [0.15, 0.2) is 49.1 Å². The molecule has 1 amide bonds. The normalized spacial score (nSPS) is 15.6. The number of amides is 1. The second-order valence-corrected chi connectivity index (χ2v) is 6.95. The molecule has 0 N–H and O–H groups in total. The number of rotatable bonds is 4. The van der Waals surface area contributed by atoms with Crippen LogP contribution < -0.4 is 14.2 Å². The van der Waals surface area contributed by atoms with Gasteiger partial charge in [-0.15, -0.1) is 0 Å². The van der Waals surface area contributed by atoms with Crippen molar-refractivity contribution in [2.75, 3.05) is 20.8 Å². The second-order valence-electron chi connectivity index (χ2n) is 6.95. The summed E-state index contributed by atoms with van der Waals surface area (Å²) < 4.78 is 16.4. The van der Waals surface area contributed by atoms with Gasteiger partial charge in [-0.1, -0.05) is 6.07 Å². The summed E-state index contributed by atoms with van der Waals surface area (Å²) in [7, 11) is 3.00. The van der Waals surface area contributed by atoms with Crippen LogP contribution in [0.2, 0.25) is 0 Å². The first-order valence-electron chi connectivity index (χ1n) is 9.51. The lowest BCUT2D eigenvalue weighted by Gasteiger charge is -2.27. The molecule has 0 aliphatic carbocycles. The number of carbonyl (C=O) groups excluding carboxylic acids is 1. The molecule has 0 radical (unpaired) electrons. The first-order valence-corrected chi connectivity index (χ1v) is 9.51. The van der Waals surface area contributed by atoms with E-state index in [2.05, 4.69) is 15.0 Å². The minimum absolute atomic E-state index is 0.139. The summed E-state index contributed by atoms with van der Waals surface area (Å²) in [5, 5.41) is 0. The molecule has 1 aliphatic rings. The molecule has 1 aromatic carbocycles. The van der Waals surface area contributed by atoms with Crippen molar-refractivity contribution in [3.05, 3.63) is 60.2 Å². The molecule has 3 heterocycles. The highest BCUT2D eigenvalue weighted by Gasteiger charge is 2.29. The van der Waals surface area contributed by atoms with E-state index in [0.29, 0.717) is 24.6 Å². The standard InChI is InChI=1S/C22H22N4O4/c1-14-12-30-19-6-4-15(17-9-23-13-24-10-17)8-16(19)11-26(14)22(27)18-5-7-20(28-2)25-21(18)29-3/h4-10,13-14H,11-12H2,1-3H3/t14-/m1/s1. The highest BCUT2D eigenvalue weighted by atomic mass is 16.5. The Labute approximate surface area is 174 Å². The van der Waals surface area contributed by atoms with Crippen LogP contribution in [0, 0.1) is 0 Å². The van der Waals surface area contributed by atoms with Crippen LogP contribution in [0.3, 0.4) is 0 Å². The Morgan fingerprint density at radius 1 is 1.10 bits per heavy atom. The van der Waals surface area contributed by atoms with Gasteiger partial charge >= 0.3 is 0 Å². The summed E-state index contributed by atoms with van der Waals surface area (Å²) in [5.74, 6) is 1.19. The Hall–Kier alpha value is -3.68. The van der Waals surface area contributed by atoms with Gasteiger partial charge in [0, 0.05) is 29.6 Å². The van der Waals surface area contributed by atoms with E-state index in [4.69, 9.17) is 14.2 Å². The molecular weight excluding hydrogens is 384 g/mol. The SMILES string of the molecule is COc1ccc(C(=O)N2Cc3cc(-c4cncnc4)ccc3OC[C@H]2C)c(OC)n1. The molecule has 4 rings (SSSR count). The molecule has 0 spiro atoms. The number of aromatic nitrogens is 3. The third kappa shape index (κ3) is 3.76. The summed E-state index contributed by atoms with van der Waals surface area (Å²) in [6.07, 6.45) is 5.01. The fourth-order valence-electron chi connectivity index (χ4n) is 3.39. The van der Waals surface area contributed by atoms with Gasteiger partial charge in [0.05, 0.1) is 26.8 Å². The summed E-state index contributed by atoms with van der Waals surface area (Å²) in [5.41, 5.74) is 3.15. The predicted molar refractivity (Wildman–Crippen MR) is 110 cm³/mol. The number of hydrogen-bond donors (Lipinski definition) is 0. The lowest BCUT2D eigenvalue weighted by Crippen LogP contribution is -2.40. The quantitative estimate of drug-likeness (QED) is 0.658. The zero-order chi connectivity index (χ0) is 21.1. The maximum atomic E-state index is 13.4. The van der Waals surface area contributed by atoms with Crippen molar-refractivity contribution in [1.82, 2.24) is 19.9 Å². The Morgan fingerprint density at radius 3 is 2.63 bits per heavy atom. The predicted octanol–water partition coefficient (Wildman–Crippen LogP) is 2.98. The average molecular weight is 406 g/mol. The fraction of sp³-hybridized carbons (Fsp3) is 0.273. The number of ether oxygens (including phenoxy) is 3. The molecule has 0 fully saturated rings. The summed E-state index contributed by atoms with van der Waals surface area (Å²) in [6, 6.07) is 9.08. The smallest absolute Gasteiger partial charge is 0.260 e. The number of hydrogen-bond acceptors (Lipinski definition) is 7. The number of nitrogens with zero attached hydrogens (tertiary/aromatic N) is 4. The van der Waals surface area contributed by atoms with E-state index < -0.39 is 0 Å². The van der Waals surface area contributed by atoms with Gasteiger partial charge in [-0.2, -0.15) is 4.98 Å². The lowest BCUT2D eigenvalue weighted by molar-refractivity contribution is 0.0641. The van der Waals surface area contributed by atoms with Crippen molar-refractivity contribution in [3.63, 3.8) is 0 Å². The first-order chi connectivity index (χ1) is 14.6. The van der Waals surface area contributed by atoms with Gasteiger partial charge in [-0.3, -0.25) is 4.79 Å². The van der Waals surface area contributed by atoms with Gasteiger partial charge in [0.1, 0.15) is 24.2 Å². The Balaban J connectivity index is 1.68. The average Bonchev–Trinajstić information content (AvgIpc) is 2.97. The largest absolute Gasteiger partial charge is 0.491 e. The van der Waals surface area contributed by atoms with E-state index in [1.807, 2.05) is 25.1 Å². The highest BCUT2D eigenvalue weighted by molar-refractivity contribution is 5.96. The maximum Gasteiger partial charge on any atom is 0.260 e. The monoisotopic (exact) mass is 406 g/mol. The molecule has 8 nitrogen and oxygen atoms in total. The molecule has 1 atom stereocenters. The highest BCUT2D eigenvalue weighted by Crippen LogP contribution is 2.31. The number of carbonyl (C=O) groups is 1. The van der Waals surface area contributed by atoms with Crippen LogP contribution in [0.5, 0.6) is 17.5 Å². The van der Waals surface area contributed by atoms with Crippen molar-refractivity contribution >= 4 is 5.91 Å². The first kappa shape index (κ1) is 19.6. The molecule has 8 heteroatoms. The van der Waals surface area contributed by atoms with Crippen LogP contribution >= 0.6 is 0 Å². The van der Waals surface area contributed by atoms with Crippen LogP contribution in [0.1, 0.15) is 22.8 Å². The zero-order valence-corrected chi connectivity index (χ0v) is 17.0. The van der Waals surface area contributed by atoms with Crippen molar-refractivity contribution in [3.8, 4) is 28.6 Å². The van der Waals surface area contributed by atoms with Gasteiger partial charge in [0.15, 0.2) is 0 Å². The molecule has 0 unspecified atom stereocenters. The minimum atomic E-state index is -0.181. The van der Waals surface area contributed by atoms with Crippen LogP contribution in [0.4, 0.5) is 0 Å². The van der Waals surface area contributed by atoms with Crippen LogP contribution in [0.25, 0.3) is 11.1 Å². The van der Waals surface area contributed by atoms with Crippen LogP contribution in [-0.2, 0) is 6.54 Å². The van der Waals surface area contributed by atoms with Crippen molar-refractivity contribution in [2.45, 2.75) is 19.5 Å². The maximum absolute atomic E-state index is 13.4. The lowest BCUT2D eigenvalue weighted by atomic mass is 10.0. The molecule has 30 heavy (non-hydrogen) atoms. The molecule has 0 bridgehead atoms. The molecule has 1 aliphatic heterocycles. The van der Waals surface area contributed by atoms with Gasteiger partial charge in [0.2, 0.25) is 11.8 Å². The minimum Gasteiger partial charge on any atom is -0.491 e. The third-order valence-electron chi connectivity index (χ3n) is 5.04. The summed E-state index contributed by atoms with van der Waals surface area (Å²) in [6.45, 7) is 2.74. The number of pyridine rings is 1. The Bertz CT molecular complexity index is 1060. The van der Waals surface area contributed by atoms with Gasteiger partial charge in [0.25, 0.3) is 5.91 Å². The summed E-state index contributed by atoms with van der Waals surface area (Å²) in [4.78, 5) is 27.6. The van der Waals surface area contributed by atoms with Gasteiger partial charge in [-0.25, -0.2) is 9.97 Å². The van der Waals surface area contributed by atoms with Gasteiger partial charge < -0.3 is 19.1 Å². The molecule has 2 aromatic heterocycles. The van der Waals surface area contributed by atoms with E-state index in [-0.39, 0.29) is 17.8 Å². The van der Waals surface area contributed by atoms with Crippen molar-refractivity contribution < 1.29 is 19.0 Å². The zero-order valence-electron chi connectivity index (χ0n) is 17.0. The van der Waals surface area contributed by atoms with E-state index in [1.165, 1.54) is 20.5 Å². The molecular formula is C22H22N4O4. The second kappa shape index (κ2) is 8.36. The molecule has 3 aromatic rings. The van der Waals surface area contributed by atoms with E-state index in [9.17, 15) is 4.79 Å². The van der Waals surface area contributed by atoms with Crippen LogP contribution in [-0.4, -0.2) is 52.6 Å². The summed E-state index contributed by atoms with van der Waals surface area (Å²) >= 11 is 0. The Morgan fingerprint density at radius 2 is 1.90 bits per heavy atom. The van der Waals surface area contributed by atoms with Crippen molar-refractivity contribution in [2.24, 2.45) is 0 Å². The molecule has 0 saturated heterocycles. The van der Waals surface area contributed by atoms with Crippen molar-refractivity contribution in [1.29, 1.82) is 0 Å². The number of fused-ring (bicyclic) bond motifs is 1. The Kier molecular flexibility index (Phi) is 5.47. The van der Waals surface area contributed by atoms with E-state index >= 15 is 0 Å². The topological polar surface area (TPSA) is 86.7 Å². The third-order valence-corrected chi connectivity index (χ3v) is 5.04. The molecule has 154 valence electrons. The number of benzene rings is 1. The fourth-order valence-corrected chi connectivity index (χ4v) is 3.39. The van der Waals surface area contributed by atoms with E-state index in [1.54, 1.807) is 29.4 Å². The van der Waals surface area contributed by atoms with E-state index in [0.717, 1.165) is 22.4 Å².